The Balaban J connectivity index is 0.885. The number of aromatic nitrogens is 2. The van der Waals surface area contributed by atoms with E-state index in [-0.39, 0.29) is 0 Å². The monoisotopic (exact) mass is 818 g/mol. The Hall–Kier alpha value is -8.05. The number of para-hydroxylation sites is 2. The summed E-state index contributed by atoms with van der Waals surface area (Å²) in [5, 5.41) is 12.2. The molecule has 14 aromatic rings. The first kappa shape index (κ1) is 34.6. The largest absolute Gasteiger partial charge is 0.455 e. The van der Waals surface area contributed by atoms with Crippen LogP contribution in [-0.4, -0.2) is 9.38 Å². The summed E-state index contributed by atoms with van der Waals surface area (Å²) in [6, 6.07) is 75.0. The lowest BCUT2D eigenvalue weighted by Crippen LogP contribution is -1.93. The Bertz CT molecular complexity index is 4190. The lowest BCUT2D eigenvalue weighted by molar-refractivity contribution is 0.670. The van der Waals surface area contributed by atoms with E-state index in [1.165, 1.54) is 74.7 Å². The third-order valence-corrected chi connectivity index (χ3v) is 14.3. The number of imidazole rings is 1. The highest BCUT2D eigenvalue weighted by Gasteiger charge is 2.20. The number of hydrogen-bond acceptors (Lipinski definition) is 3. The van der Waals surface area contributed by atoms with Crippen LogP contribution in [0.3, 0.4) is 0 Å². The highest BCUT2D eigenvalue weighted by atomic mass is 32.1. The van der Waals surface area contributed by atoms with Gasteiger partial charge in [-0.1, -0.05) is 170 Å². The molecule has 14 rings (SSSR count). The zero-order valence-electron chi connectivity index (χ0n) is 33.8. The van der Waals surface area contributed by atoms with Crippen molar-refractivity contribution in [1.29, 1.82) is 0 Å². The predicted molar refractivity (Wildman–Crippen MR) is 267 cm³/mol. The second-order valence-electron chi connectivity index (χ2n) is 16.7. The van der Waals surface area contributed by atoms with Crippen LogP contribution in [0.1, 0.15) is 0 Å². The van der Waals surface area contributed by atoms with Crippen LogP contribution in [0.2, 0.25) is 0 Å². The normalized spacial score (nSPS) is 12.1. The minimum atomic E-state index is 0.915. The first-order valence-electron chi connectivity index (χ1n) is 21.4. The quantitative estimate of drug-likeness (QED) is 0.177. The molecule has 0 saturated carbocycles. The zero-order valence-corrected chi connectivity index (χ0v) is 34.7. The van der Waals surface area contributed by atoms with Gasteiger partial charge in [0.25, 0.3) is 0 Å². The fourth-order valence-corrected chi connectivity index (χ4v) is 11.3. The molecule has 0 atom stereocenters. The summed E-state index contributed by atoms with van der Waals surface area (Å²) in [4.78, 5) is 5.39. The van der Waals surface area contributed by atoms with Gasteiger partial charge in [-0.3, -0.25) is 4.40 Å². The summed E-state index contributed by atoms with van der Waals surface area (Å²) in [5.74, 6) is 0. The van der Waals surface area contributed by atoms with Gasteiger partial charge < -0.3 is 4.42 Å². The summed E-state index contributed by atoms with van der Waals surface area (Å²) in [5.41, 5.74) is 14.3. The van der Waals surface area contributed by atoms with Gasteiger partial charge in [-0.05, 0) is 102 Å². The van der Waals surface area contributed by atoms with Crippen LogP contribution in [0.4, 0.5) is 0 Å². The smallest absolute Gasteiger partial charge is 0.156 e. The number of pyridine rings is 1. The van der Waals surface area contributed by atoms with Crippen molar-refractivity contribution >= 4 is 102 Å². The van der Waals surface area contributed by atoms with E-state index in [1.807, 2.05) is 23.5 Å². The molecule has 10 aromatic carbocycles. The van der Waals surface area contributed by atoms with Gasteiger partial charge in [0.2, 0.25) is 0 Å². The molecule has 0 radical (unpaired) electrons. The van der Waals surface area contributed by atoms with Crippen LogP contribution in [-0.2, 0) is 0 Å². The SMILES string of the molecule is c1ccc2cc3c(cc2c1)nc1c2sc4cc5ccccc5cc4c2cc(-c2ccc(-c4ccc(-c5ccc(-c6cccc7c6oc6ccccc67)cc5)c5ccccc45)cc2)n31. The molecule has 4 aromatic heterocycles. The van der Waals surface area contributed by atoms with Crippen molar-refractivity contribution in [2.45, 2.75) is 0 Å². The highest BCUT2D eigenvalue weighted by Crippen LogP contribution is 2.44. The molecule has 3 nitrogen and oxygen atoms in total. The van der Waals surface area contributed by atoms with Gasteiger partial charge in [0.05, 0.1) is 21.4 Å². The van der Waals surface area contributed by atoms with Gasteiger partial charge in [0.15, 0.2) is 5.65 Å². The fraction of sp³-hybridized carbons (Fsp3) is 0. The van der Waals surface area contributed by atoms with Gasteiger partial charge >= 0.3 is 0 Å². The van der Waals surface area contributed by atoms with Crippen LogP contribution >= 0.6 is 11.3 Å². The Morgan fingerprint density at radius 1 is 0.397 bits per heavy atom. The summed E-state index contributed by atoms with van der Waals surface area (Å²) in [6.45, 7) is 0. The molecule has 0 bridgehead atoms. The first-order chi connectivity index (χ1) is 31.2. The molecule has 0 amide bonds. The molecule has 0 aliphatic heterocycles. The van der Waals surface area contributed by atoms with Crippen LogP contribution < -0.4 is 0 Å². The second-order valence-corrected chi connectivity index (χ2v) is 17.7. The predicted octanol–water partition coefficient (Wildman–Crippen LogP) is 16.9. The number of rotatable bonds is 4. The van der Waals surface area contributed by atoms with Crippen molar-refractivity contribution < 1.29 is 4.42 Å². The van der Waals surface area contributed by atoms with Crippen molar-refractivity contribution in [3.63, 3.8) is 0 Å². The minimum absolute atomic E-state index is 0.915. The van der Waals surface area contributed by atoms with E-state index in [0.29, 0.717) is 0 Å². The average Bonchev–Trinajstić information content (AvgIpc) is 4.03. The number of hydrogen-bond donors (Lipinski definition) is 0. The standard InChI is InChI=1S/C59H34N2OS/c1-4-13-42-33-56-50(30-39(42)10-1)51-34-53(61-54-32-41-12-3-2-11-40(41)31-52(54)60-59(61)58(51)63-56)38-26-24-36(25-27-38)44-29-28-43(46-14-5-6-15-47(44)46)35-20-22-37(23-21-35)45-17-9-18-49-48-16-7-8-19-55(48)62-57(45)49/h1-34H. The van der Waals surface area contributed by atoms with Crippen LogP contribution in [0.5, 0.6) is 0 Å². The summed E-state index contributed by atoms with van der Waals surface area (Å²) >= 11 is 1.84. The lowest BCUT2D eigenvalue weighted by atomic mass is 9.91. The molecule has 0 spiro atoms. The van der Waals surface area contributed by atoms with E-state index >= 15 is 0 Å². The van der Waals surface area contributed by atoms with Gasteiger partial charge in [-0.25, -0.2) is 4.98 Å². The molecule has 0 saturated heterocycles. The maximum absolute atomic E-state index is 6.38. The first-order valence-corrected chi connectivity index (χ1v) is 22.2. The van der Waals surface area contributed by atoms with Gasteiger partial charge in [0.1, 0.15) is 11.2 Å². The Labute approximate surface area is 365 Å². The topological polar surface area (TPSA) is 30.4 Å². The maximum Gasteiger partial charge on any atom is 0.156 e. The number of benzene rings is 10. The zero-order chi connectivity index (χ0) is 41.2. The molecular weight excluding hydrogens is 785 g/mol. The van der Waals surface area contributed by atoms with E-state index in [2.05, 4.69) is 199 Å². The summed E-state index contributed by atoms with van der Waals surface area (Å²) in [6.07, 6.45) is 0. The summed E-state index contributed by atoms with van der Waals surface area (Å²) in [7, 11) is 0. The Morgan fingerprint density at radius 3 is 1.65 bits per heavy atom. The summed E-state index contributed by atoms with van der Waals surface area (Å²) < 4.78 is 11.3. The van der Waals surface area contributed by atoms with E-state index in [0.717, 1.165) is 61.0 Å². The molecule has 0 aliphatic carbocycles. The molecule has 0 unspecified atom stereocenters. The van der Waals surface area contributed by atoms with E-state index in [1.54, 1.807) is 0 Å². The van der Waals surface area contributed by atoms with Crippen LogP contribution in [0, 0.1) is 0 Å². The lowest BCUT2D eigenvalue weighted by Gasteiger charge is -2.14. The van der Waals surface area contributed by atoms with Gasteiger partial charge in [0, 0.05) is 31.8 Å². The molecular formula is C59H34N2OS. The van der Waals surface area contributed by atoms with Crippen molar-refractivity contribution in [2.24, 2.45) is 0 Å². The van der Waals surface area contributed by atoms with E-state index in [9.17, 15) is 0 Å². The second kappa shape index (κ2) is 13.2. The molecule has 0 N–H and O–H groups in total. The molecule has 4 heterocycles. The number of fused-ring (bicyclic) bond motifs is 13. The molecule has 292 valence electrons. The number of furan rings is 1. The highest BCUT2D eigenvalue weighted by molar-refractivity contribution is 7.26. The maximum atomic E-state index is 6.38. The van der Waals surface area contributed by atoms with Crippen molar-refractivity contribution in [3.05, 3.63) is 206 Å². The minimum Gasteiger partial charge on any atom is -0.455 e. The van der Waals surface area contributed by atoms with Crippen molar-refractivity contribution in [1.82, 2.24) is 9.38 Å². The van der Waals surface area contributed by atoms with Crippen LogP contribution in [0.25, 0.3) is 136 Å². The van der Waals surface area contributed by atoms with Crippen molar-refractivity contribution in [2.75, 3.05) is 0 Å². The third-order valence-electron chi connectivity index (χ3n) is 13.2. The van der Waals surface area contributed by atoms with Crippen molar-refractivity contribution in [3.8, 4) is 44.6 Å². The Kier molecular flexibility index (Phi) is 7.27. The molecule has 4 heteroatoms. The molecule has 63 heavy (non-hydrogen) atoms. The third kappa shape index (κ3) is 5.22. The van der Waals surface area contributed by atoms with Crippen LogP contribution in [0.15, 0.2) is 211 Å². The number of nitrogens with zero attached hydrogens (tertiary/aromatic N) is 2. The average molecular weight is 819 g/mol. The van der Waals surface area contributed by atoms with Gasteiger partial charge in [-0.2, -0.15) is 0 Å². The number of thiophene rings is 1. The fourth-order valence-electron chi connectivity index (χ4n) is 10.1. The molecule has 0 fully saturated rings. The Morgan fingerprint density at radius 2 is 0.952 bits per heavy atom. The van der Waals surface area contributed by atoms with E-state index in [4.69, 9.17) is 9.40 Å². The van der Waals surface area contributed by atoms with E-state index < -0.39 is 0 Å². The van der Waals surface area contributed by atoms with Gasteiger partial charge in [-0.15, -0.1) is 11.3 Å². The molecule has 0 aliphatic rings.